The number of benzene rings is 2. The summed E-state index contributed by atoms with van der Waals surface area (Å²) in [6, 6.07) is 9.22. The van der Waals surface area contributed by atoms with Gasteiger partial charge in [-0.15, -0.1) is 0 Å². The molecule has 29 heavy (non-hydrogen) atoms. The largest absolute Gasteiger partial charge is 0.494 e. The molecule has 2 N–H and O–H groups in total. The highest BCUT2D eigenvalue weighted by atomic mass is 16.5. The Kier molecular flexibility index (Phi) is 7.70. The number of carbonyl (C=O) groups excluding carboxylic acids is 1. The van der Waals surface area contributed by atoms with Gasteiger partial charge in [0.15, 0.2) is 11.5 Å². The van der Waals surface area contributed by atoms with Crippen LogP contribution in [0.1, 0.15) is 35.3 Å². The maximum atomic E-state index is 12.8. The number of amides is 1. The van der Waals surface area contributed by atoms with Crippen molar-refractivity contribution in [1.29, 1.82) is 0 Å². The van der Waals surface area contributed by atoms with Crippen molar-refractivity contribution < 1.29 is 33.6 Å². The van der Waals surface area contributed by atoms with E-state index >= 15 is 0 Å². The second-order valence-electron chi connectivity index (χ2n) is 6.04. The van der Waals surface area contributed by atoms with Crippen LogP contribution in [0.25, 0.3) is 0 Å². The van der Waals surface area contributed by atoms with Crippen molar-refractivity contribution in [2.75, 3.05) is 27.9 Å². The van der Waals surface area contributed by atoms with Gasteiger partial charge in [0.1, 0.15) is 5.75 Å². The topological polar surface area (TPSA) is 103 Å². The molecule has 8 heteroatoms. The van der Waals surface area contributed by atoms with Crippen LogP contribution in [-0.4, -0.2) is 44.9 Å². The predicted octanol–water partition coefficient (Wildman–Crippen LogP) is 3.06. The molecule has 0 fully saturated rings. The number of hydrogen-bond acceptors (Lipinski definition) is 6. The molecule has 2 aromatic rings. The van der Waals surface area contributed by atoms with E-state index in [1.165, 1.54) is 33.5 Å². The van der Waals surface area contributed by atoms with E-state index in [1.807, 2.05) is 6.92 Å². The van der Waals surface area contributed by atoms with Gasteiger partial charge in [-0.2, -0.15) is 0 Å². The van der Waals surface area contributed by atoms with Crippen molar-refractivity contribution in [3.63, 3.8) is 0 Å². The number of rotatable bonds is 10. The number of carbonyl (C=O) groups is 2. The lowest BCUT2D eigenvalue weighted by molar-refractivity contribution is -0.137. The van der Waals surface area contributed by atoms with E-state index in [0.29, 0.717) is 35.2 Å². The van der Waals surface area contributed by atoms with Gasteiger partial charge in [0, 0.05) is 5.56 Å². The quantitative estimate of drug-likeness (QED) is 0.628. The molecule has 1 atom stereocenters. The first kappa shape index (κ1) is 21.9. The van der Waals surface area contributed by atoms with Crippen molar-refractivity contribution in [3.05, 3.63) is 47.5 Å². The number of nitrogens with one attached hydrogen (secondary N) is 1. The summed E-state index contributed by atoms with van der Waals surface area (Å²) in [5, 5.41) is 12.0. The molecule has 0 bridgehead atoms. The monoisotopic (exact) mass is 403 g/mol. The molecule has 8 nitrogen and oxygen atoms in total. The Balaban J connectivity index is 2.31. The molecular formula is C21H25NO7. The summed E-state index contributed by atoms with van der Waals surface area (Å²) in [6.45, 7) is 2.40. The molecule has 2 rings (SSSR count). The van der Waals surface area contributed by atoms with Gasteiger partial charge in [0.05, 0.1) is 40.4 Å². The summed E-state index contributed by atoms with van der Waals surface area (Å²) in [5.41, 5.74) is 0.900. The van der Waals surface area contributed by atoms with E-state index in [-0.39, 0.29) is 12.0 Å². The van der Waals surface area contributed by atoms with Crippen molar-refractivity contribution in [2.24, 2.45) is 0 Å². The summed E-state index contributed by atoms with van der Waals surface area (Å²) in [5.74, 6) is 0.181. The third kappa shape index (κ3) is 5.54. The van der Waals surface area contributed by atoms with Gasteiger partial charge < -0.3 is 29.4 Å². The number of hydrogen-bond donors (Lipinski definition) is 2. The van der Waals surface area contributed by atoms with E-state index in [1.54, 1.807) is 24.3 Å². The Bertz CT molecular complexity index is 824. The lowest BCUT2D eigenvalue weighted by atomic mass is 10.0. The van der Waals surface area contributed by atoms with Crippen LogP contribution in [-0.2, 0) is 4.79 Å². The average Bonchev–Trinajstić information content (AvgIpc) is 2.72. The fraction of sp³-hybridized carbons (Fsp3) is 0.333. The van der Waals surface area contributed by atoms with E-state index in [4.69, 9.17) is 18.9 Å². The lowest BCUT2D eigenvalue weighted by Crippen LogP contribution is -2.30. The summed E-state index contributed by atoms with van der Waals surface area (Å²) < 4.78 is 21.2. The van der Waals surface area contributed by atoms with E-state index < -0.39 is 17.9 Å². The highest BCUT2D eigenvalue weighted by molar-refractivity contribution is 5.96. The van der Waals surface area contributed by atoms with Gasteiger partial charge in [0.2, 0.25) is 5.75 Å². The van der Waals surface area contributed by atoms with Crippen LogP contribution in [0.2, 0.25) is 0 Å². The van der Waals surface area contributed by atoms with Crippen molar-refractivity contribution in [1.82, 2.24) is 5.32 Å². The molecular weight excluding hydrogens is 378 g/mol. The number of ether oxygens (including phenoxy) is 4. The van der Waals surface area contributed by atoms with E-state index in [9.17, 15) is 14.7 Å². The van der Waals surface area contributed by atoms with Gasteiger partial charge in [-0.1, -0.05) is 12.1 Å². The molecule has 156 valence electrons. The first-order chi connectivity index (χ1) is 13.9. The van der Waals surface area contributed by atoms with Crippen molar-refractivity contribution >= 4 is 11.9 Å². The normalized spacial score (nSPS) is 11.3. The molecule has 2 aromatic carbocycles. The molecule has 1 unspecified atom stereocenters. The summed E-state index contributed by atoms with van der Waals surface area (Å²) in [6.07, 6.45) is -0.274. The van der Waals surface area contributed by atoms with E-state index in [2.05, 4.69) is 5.32 Å². The van der Waals surface area contributed by atoms with Gasteiger partial charge >= 0.3 is 5.97 Å². The Morgan fingerprint density at radius 2 is 1.59 bits per heavy atom. The van der Waals surface area contributed by atoms with E-state index in [0.717, 1.165) is 0 Å². The van der Waals surface area contributed by atoms with Crippen molar-refractivity contribution in [2.45, 2.75) is 19.4 Å². The minimum Gasteiger partial charge on any atom is -0.494 e. The molecule has 0 aliphatic carbocycles. The van der Waals surface area contributed by atoms with Crippen LogP contribution in [0.5, 0.6) is 23.0 Å². The molecule has 0 heterocycles. The van der Waals surface area contributed by atoms with Gasteiger partial charge in [-0.25, -0.2) is 0 Å². The standard InChI is InChI=1S/C21H25NO7/c1-5-29-15-8-6-13(7-9-15)16(12-19(23)24)22-21(25)14-10-17(26-2)20(28-4)18(11-14)27-3/h6-11,16H,5,12H2,1-4H3,(H,22,25)(H,23,24). The zero-order valence-electron chi connectivity index (χ0n) is 16.9. The summed E-state index contributed by atoms with van der Waals surface area (Å²) in [7, 11) is 4.37. The molecule has 0 aliphatic heterocycles. The fourth-order valence-corrected chi connectivity index (χ4v) is 2.84. The van der Waals surface area contributed by atoms with Crippen molar-refractivity contribution in [3.8, 4) is 23.0 Å². The highest BCUT2D eigenvalue weighted by Gasteiger charge is 2.22. The maximum absolute atomic E-state index is 12.8. The average molecular weight is 403 g/mol. The number of carboxylic acid groups (broad SMARTS) is 1. The van der Waals surface area contributed by atoms with Crippen LogP contribution in [0, 0.1) is 0 Å². The van der Waals surface area contributed by atoms with Crippen LogP contribution in [0.15, 0.2) is 36.4 Å². The first-order valence-corrected chi connectivity index (χ1v) is 8.98. The van der Waals surface area contributed by atoms with Crippen LogP contribution < -0.4 is 24.3 Å². The summed E-state index contributed by atoms with van der Waals surface area (Å²) in [4.78, 5) is 24.2. The smallest absolute Gasteiger partial charge is 0.305 e. The molecule has 0 spiro atoms. The Hall–Kier alpha value is -3.42. The second kappa shape index (κ2) is 10.2. The third-order valence-corrected chi connectivity index (χ3v) is 4.20. The molecule has 0 saturated carbocycles. The zero-order valence-corrected chi connectivity index (χ0v) is 16.9. The molecule has 0 radical (unpaired) electrons. The lowest BCUT2D eigenvalue weighted by Gasteiger charge is -2.19. The Morgan fingerprint density at radius 1 is 1.00 bits per heavy atom. The Labute approximate surface area is 169 Å². The number of aliphatic carboxylic acids is 1. The van der Waals surface area contributed by atoms with Crippen LogP contribution >= 0.6 is 0 Å². The minimum absolute atomic E-state index is 0.251. The van der Waals surface area contributed by atoms with Crippen LogP contribution in [0.3, 0.4) is 0 Å². The molecule has 0 saturated heterocycles. The predicted molar refractivity (Wildman–Crippen MR) is 106 cm³/mol. The Morgan fingerprint density at radius 3 is 2.03 bits per heavy atom. The zero-order chi connectivity index (χ0) is 21.4. The SMILES string of the molecule is CCOc1ccc(C(CC(=O)O)NC(=O)c2cc(OC)c(OC)c(OC)c2)cc1. The summed E-state index contributed by atoms with van der Waals surface area (Å²) >= 11 is 0. The first-order valence-electron chi connectivity index (χ1n) is 8.98. The van der Waals surface area contributed by atoms with Crippen LogP contribution in [0.4, 0.5) is 0 Å². The molecule has 0 aromatic heterocycles. The number of methoxy groups -OCH3 is 3. The number of carboxylic acids is 1. The minimum atomic E-state index is -1.03. The fourth-order valence-electron chi connectivity index (χ4n) is 2.84. The van der Waals surface area contributed by atoms with Gasteiger partial charge in [-0.05, 0) is 36.8 Å². The maximum Gasteiger partial charge on any atom is 0.305 e. The van der Waals surface area contributed by atoms with Gasteiger partial charge in [-0.3, -0.25) is 9.59 Å². The highest BCUT2D eigenvalue weighted by Crippen LogP contribution is 2.38. The van der Waals surface area contributed by atoms with Gasteiger partial charge in [0.25, 0.3) is 5.91 Å². The third-order valence-electron chi connectivity index (χ3n) is 4.20. The molecule has 1 amide bonds. The molecule has 0 aliphatic rings. The second-order valence-corrected chi connectivity index (χ2v) is 6.04.